The summed E-state index contributed by atoms with van der Waals surface area (Å²) in [6, 6.07) is 8.15. The highest BCUT2D eigenvalue weighted by atomic mass is 19.1. The van der Waals surface area contributed by atoms with Gasteiger partial charge in [0.25, 0.3) is 5.91 Å². The minimum absolute atomic E-state index is 0.0563. The van der Waals surface area contributed by atoms with Crippen molar-refractivity contribution in [1.29, 1.82) is 0 Å². The molecule has 4 aromatic rings. The first-order valence-electron chi connectivity index (χ1n) is 12.2. The number of carbonyl (C=O) groups excluding carboxylic acids is 1. The quantitative estimate of drug-likeness (QED) is 0.264. The molecule has 2 aromatic heterocycles. The van der Waals surface area contributed by atoms with Gasteiger partial charge in [-0.25, -0.2) is 13.6 Å². The Kier molecular flexibility index (Phi) is 8.57. The molecule has 2 aromatic carbocycles. The molecule has 10 nitrogen and oxygen atoms in total. The molecule has 2 heterocycles. The van der Waals surface area contributed by atoms with Crippen LogP contribution in [0, 0.1) is 11.6 Å². The standard InChI is InChI=1S/C28H26F2N4O6/c1-4-16-5-7-31-15-19(16)27(35)33-17-11-20(29)26(21(30)12-17)40-23-6-8-32-22-14-25(24(38-3)13-18(22)23)39-10-9-34(2)28(36)37/h5-8,11-15H,4,9-10H2,1-3H3,(H,33,35)(H,36,37). The number of rotatable bonds is 10. The monoisotopic (exact) mass is 552 g/mol. The summed E-state index contributed by atoms with van der Waals surface area (Å²) in [6.45, 7) is 2.05. The lowest BCUT2D eigenvalue weighted by Gasteiger charge is -2.16. The molecule has 0 saturated carbocycles. The third-order valence-corrected chi connectivity index (χ3v) is 6.00. The first kappa shape index (κ1) is 28.0. The molecule has 0 atom stereocenters. The number of methoxy groups -OCH3 is 1. The summed E-state index contributed by atoms with van der Waals surface area (Å²) in [4.78, 5) is 32.9. The second-order valence-corrected chi connectivity index (χ2v) is 8.59. The zero-order chi connectivity index (χ0) is 28.8. The lowest BCUT2D eigenvalue weighted by Crippen LogP contribution is -2.29. The average molecular weight is 553 g/mol. The van der Waals surface area contributed by atoms with Crippen LogP contribution in [0.15, 0.2) is 55.0 Å². The number of carboxylic acid groups (broad SMARTS) is 1. The minimum atomic E-state index is -1.09. The molecule has 4 rings (SSSR count). The number of fused-ring (bicyclic) bond motifs is 1. The van der Waals surface area contributed by atoms with E-state index < -0.39 is 29.4 Å². The molecule has 12 heteroatoms. The highest BCUT2D eigenvalue weighted by Crippen LogP contribution is 2.38. The highest BCUT2D eigenvalue weighted by molar-refractivity contribution is 6.05. The Morgan fingerprint density at radius 3 is 2.48 bits per heavy atom. The van der Waals surface area contributed by atoms with Gasteiger partial charge in [0.1, 0.15) is 12.4 Å². The Morgan fingerprint density at radius 2 is 1.80 bits per heavy atom. The van der Waals surface area contributed by atoms with Crippen molar-refractivity contribution in [3.05, 3.63) is 77.8 Å². The summed E-state index contributed by atoms with van der Waals surface area (Å²) in [5, 5.41) is 11.9. The van der Waals surface area contributed by atoms with E-state index in [2.05, 4.69) is 15.3 Å². The fourth-order valence-electron chi connectivity index (χ4n) is 3.85. The van der Waals surface area contributed by atoms with Gasteiger partial charge < -0.3 is 29.5 Å². The van der Waals surface area contributed by atoms with E-state index in [1.54, 1.807) is 18.3 Å². The number of carbonyl (C=O) groups is 2. The number of anilines is 1. The van der Waals surface area contributed by atoms with Crippen molar-refractivity contribution in [2.75, 3.05) is 32.6 Å². The number of ether oxygens (including phenoxy) is 3. The predicted molar refractivity (Wildman–Crippen MR) is 142 cm³/mol. The third kappa shape index (κ3) is 6.17. The van der Waals surface area contributed by atoms with Gasteiger partial charge in [-0.1, -0.05) is 6.92 Å². The second-order valence-electron chi connectivity index (χ2n) is 8.59. The first-order valence-corrected chi connectivity index (χ1v) is 12.2. The molecule has 0 aliphatic rings. The lowest BCUT2D eigenvalue weighted by atomic mass is 10.1. The van der Waals surface area contributed by atoms with Crippen molar-refractivity contribution in [1.82, 2.24) is 14.9 Å². The van der Waals surface area contributed by atoms with Crippen LogP contribution in [0.25, 0.3) is 10.9 Å². The van der Waals surface area contributed by atoms with Gasteiger partial charge in [0.05, 0.1) is 24.7 Å². The van der Waals surface area contributed by atoms with E-state index in [0.29, 0.717) is 28.6 Å². The van der Waals surface area contributed by atoms with E-state index in [1.807, 2.05) is 6.92 Å². The number of hydrogen-bond donors (Lipinski definition) is 2. The predicted octanol–water partition coefficient (Wildman–Crippen LogP) is 5.51. The van der Waals surface area contributed by atoms with Gasteiger partial charge in [-0.15, -0.1) is 0 Å². The van der Waals surface area contributed by atoms with E-state index in [1.165, 1.54) is 38.7 Å². The molecule has 0 aliphatic carbocycles. The molecule has 0 bridgehead atoms. The molecule has 0 aliphatic heterocycles. The topological polar surface area (TPSA) is 123 Å². The summed E-state index contributed by atoms with van der Waals surface area (Å²) >= 11 is 0. The molecule has 0 saturated heterocycles. The maximum absolute atomic E-state index is 15.0. The molecule has 2 amide bonds. The Labute approximate surface area is 228 Å². The molecular weight excluding hydrogens is 526 g/mol. The van der Waals surface area contributed by atoms with E-state index in [9.17, 15) is 9.59 Å². The number of pyridine rings is 2. The number of nitrogens with one attached hydrogen (secondary N) is 1. The second kappa shape index (κ2) is 12.2. The molecular formula is C28H26F2N4O6. The molecule has 2 N–H and O–H groups in total. The van der Waals surface area contributed by atoms with Crippen molar-refractivity contribution in [2.24, 2.45) is 0 Å². The molecule has 0 spiro atoms. The SMILES string of the molecule is CCc1ccncc1C(=O)Nc1cc(F)c(Oc2ccnc3cc(OCCN(C)C(=O)O)c(OC)cc23)c(F)c1. The third-order valence-electron chi connectivity index (χ3n) is 6.00. The zero-order valence-corrected chi connectivity index (χ0v) is 21.9. The van der Waals surface area contributed by atoms with Crippen molar-refractivity contribution in [2.45, 2.75) is 13.3 Å². The fraction of sp³-hybridized carbons (Fsp3) is 0.214. The number of benzene rings is 2. The number of nitrogens with zero attached hydrogens (tertiary/aromatic N) is 3. The van der Waals surface area contributed by atoms with E-state index in [0.717, 1.165) is 22.6 Å². The smallest absolute Gasteiger partial charge is 0.407 e. The average Bonchev–Trinajstić information content (AvgIpc) is 2.94. The number of likely N-dealkylation sites (N-methyl/N-ethyl adjacent to an activating group) is 1. The van der Waals surface area contributed by atoms with Crippen LogP contribution in [0.4, 0.5) is 19.3 Å². The van der Waals surface area contributed by atoms with Crippen molar-refractivity contribution < 1.29 is 37.7 Å². The molecule has 208 valence electrons. The molecule has 0 unspecified atom stereocenters. The Balaban J connectivity index is 1.57. The Morgan fingerprint density at radius 1 is 1.05 bits per heavy atom. The van der Waals surface area contributed by atoms with Gasteiger partial charge in [0.15, 0.2) is 28.9 Å². The number of hydrogen-bond acceptors (Lipinski definition) is 7. The van der Waals surface area contributed by atoms with Crippen LogP contribution in [0.1, 0.15) is 22.8 Å². The zero-order valence-electron chi connectivity index (χ0n) is 21.9. The summed E-state index contributed by atoms with van der Waals surface area (Å²) in [5.74, 6) is -2.60. The van der Waals surface area contributed by atoms with Crippen LogP contribution in [0.3, 0.4) is 0 Å². The van der Waals surface area contributed by atoms with Gasteiger partial charge in [-0.3, -0.25) is 14.8 Å². The van der Waals surface area contributed by atoms with Crippen molar-refractivity contribution >= 4 is 28.6 Å². The van der Waals surface area contributed by atoms with Crippen molar-refractivity contribution in [3.8, 4) is 23.0 Å². The lowest BCUT2D eigenvalue weighted by molar-refractivity contribution is 0.102. The Hall–Kier alpha value is -5.00. The van der Waals surface area contributed by atoms with Gasteiger partial charge in [-0.05, 0) is 30.2 Å². The van der Waals surface area contributed by atoms with E-state index in [-0.39, 0.29) is 30.3 Å². The highest BCUT2D eigenvalue weighted by Gasteiger charge is 2.19. The van der Waals surface area contributed by atoms with Crippen LogP contribution in [0.5, 0.6) is 23.0 Å². The van der Waals surface area contributed by atoms with Crippen LogP contribution >= 0.6 is 0 Å². The van der Waals surface area contributed by atoms with E-state index in [4.69, 9.17) is 19.3 Å². The Bertz CT molecular complexity index is 1540. The number of halogens is 2. The largest absolute Gasteiger partial charge is 0.493 e. The maximum atomic E-state index is 15.0. The maximum Gasteiger partial charge on any atom is 0.407 e. The van der Waals surface area contributed by atoms with Gasteiger partial charge in [0.2, 0.25) is 0 Å². The van der Waals surface area contributed by atoms with Gasteiger partial charge in [-0.2, -0.15) is 0 Å². The molecule has 40 heavy (non-hydrogen) atoms. The van der Waals surface area contributed by atoms with Crippen LogP contribution in [0.2, 0.25) is 0 Å². The van der Waals surface area contributed by atoms with Gasteiger partial charge >= 0.3 is 6.09 Å². The minimum Gasteiger partial charge on any atom is -0.493 e. The summed E-state index contributed by atoms with van der Waals surface area (Å²) in [6.07, 6.45) is 3.85. The summed E-state index contributed by atoms with van der Waals surface area (Å²) in [7, 11) is 2.83. The number of aromatic nitrogens is 2. The number of amides is 2. The summed E-state index contributed by atoms with van der Waals surface area (Å²) < 4.78 is 46.8. The van der Waals surface area contributed by atoms with E-state index >= 15 is 8.78 Å². The van der Waals surface area contributed by atoms with Crippen LogP contribution in [-0.2, 0) is 6.42 Å². The first-order chi connectivity index (χ1) is 19.2. The van der Waals surface area contributed by atoms with Gasteiger partial charge in [0, 0.05) is 54.9 Å². The fourth-order valence-corrected chi connectivity index (χ4v) is 3.85. The normalized spacial score (nSPS) is 10.7. The number of aryl methyl sites for hydroxylation is 1. The van der Waals surface area contributed by atoms with Crippen LogP contribution in [-0.4, -0.2) is 59.3 Å². The summed E-state index contributed by atoms with van der Waals surface area (Å²) in [5.41, 5.74) is 1.35. The van der Waals surface area contributed by atoms with Crippen LogP contribution < -0.4 is 19.5 Å². The molecule has 0 fully saturated rings. The molecule has 0 radical (unpaired) electrons. The van der Waals surface area contributed by atoms with Crippen molar-refractivity contribution in [3.63, 3.8) is 0 Å².